The van der Waals surface area contributed by atoms with E-state index in [1.54, 1.807) is 0 Å². The van der Waals surface area contributed by atoms with E-state index in [2.05, 4.69) is 10.2 Å². The number of nitrogens with one attached hydrogen (secondary N) is 1. The van der Waals surface area contributed by atoms with Crippen LogP contribution in [0.2, 0.25) is 0 Å². The number of carbonyl (C=O) groups excluding carboxylic acids is 1. The van der Waals surface area contributed by atoms with Crippen molar-refractivity contribution in [3.05, 3.63) is 0 Å². The van der Waals surface area contributed by atoms with Gasteiger partial charge in [-0.3, -0.25) is 9.69 Å². The average molecular weight is 273 g/mol. The first-order valence-corrected chi connectivity index (χ1v) is 6.74. The Morgan fingerprint density at radius 3 is 2.78 bits per heavy atom. The van der Waals surface area contributed by atoms with Crippen LogP contribution in [0.1, 0.15) is 20.8 Å². The predicted molar refractivity (Wildman–Crippen MR) is 75.4 cm³/mol. The number of nitrogens with zero attached hydrogens (tertiary/aromatic N) is 1. The third-order valence-corrected chi connectivity index (χ3v) is 3.37. The highest BCUT2D eigenvalue weighted by molar-refractivity contribution is 7.80. The summed E-state index contributed by atoms with van der Waals surface area (Å²) in [5.41, 5.74) is 5.63. The van der Waals surface area contributed by atoms with Gasteiger partial charge in [0.2, 0.25) is 5.91 Å². The summed E-state index contributed by atoms with van der Waals surface area (Å²) in [5.74, 6) is 0.118. The number of hydrogen-bond donors (Lipinski definition) is 2. The highest BCUT2D eigenvalue weighted by Crippen LogP contribution is 2.11. The van der Waals surface area contributed by atoms with Crippen LogP contribution in [-0.2, 0) is 9.53 Å². The van der Waals surface area contributed by atoms with Gasteiger partial charge in [0.1, 0.15) is 6.04 Å². The van der Waals surface area contributed by atoms with Crippen LogP contribution in [-0.4, -0.2) is 54.2 Å². The summed E-state index contributed by atoms with van der Waals surface area (Å²) < 4.78 is 5.39. The first-order valence-electron chi connectivity index (χ1n) is 6.33. The molecule has 1 aliphatic rings. The lowest BCUT2D eigenvalue weighted by molar-refractivity contribution is -0.133. The smallest absolute Gasteiger partial charge is 0.239 e. The number of ether oxygens (including phenoxy) is 1. The number of thiocarbonyl (C=S) groups is 1. The Balaban J connectivity index is 2.61. The van der Waals surface area contributed by atoms with E-state index >= 15 is 0 Å². The summed E-state index contributed by atoms with van der Waals surface area (Å²) in [6.07, 6.45) is 0. The molecule has 2 unspecified atom stereocenters. The Labute approximate surface area is 114 Å². The van der Waals surface area contributed by atoms with Crippen molar-refractivity contribution in [3.63, 3.8) is 0 Å². The molecule has 1 saturated heterocycles. The number of rotatable bonds is 5. The van der Waals surface area contributed by atoms with Gasteiger partial charge >= 0.3 is 0 Å². The third-order valence-electron chi connectivity index (χ3n) is 2.97. The molecule has 3 N–H and O–H groups in total. The second kappa shape index (κ2) is 7.01. The molecule has 0 aliphatic carbocycles. The monoisotopic (exact) mass is 273 g/mol. The summed E-state index contributed by atoms with van der Waals surface area (Å²) in [5, 5.41) is 2.92. The van der Waals surface area contributed by atoms with E-state index in [9.17, 15) is 4.79 Å². The van der Waals surface area contributed by atoms with Gasteiger partial charge in [0.15, 0.2) is 0 Å². The zero-order valence-electron chi connectivity index (χ0n) is 11.3. The van der Waals surface area contributed by atoms with Crippen molar-refractivity contribution in [2.75, 3.05) is 26.3 Å². The fourth-order valence-corrected chi connectivity index (χ4v) is 2.00. The number of amides is 1. The van der Waals surface area contributed by atoms with Gasteiger partial charge in [-0.25, -0.2) is 0 Å². The van der Waals surface area contributed by atoms with Crippen molar-refractivity contribution in [1.82, 2.24) is 10.2 Å². The van der Waals surface area contributed by atoms with Crippen molar-refractivity contribution in [3.8, 4) is 0 Å². The van der Waals surface area contributed by atoms with Crippen molar-refractivity contribution < 1.29 is 9.53 Å². The van der Waals surface area contributed by atoms with Crippen LogP contribution in [0, 0.1) is 5.92 Å². The molecule has 18 heavy (non-hydrogen) atoms. The Morgan fingerprint density at radius 1 is 1.56 bits per heavy atom. The molecule has 0 bridgehead atoms. The molecule has 1 aliphatic heterocycles. The van der Waals surface area contributed by atoms with Crippen molar-refractivity contribution in [1.29, 1.82) is 0 Å². The van der Waals surface area contributed by atoms with E-state index in [0.717, 1.165) is 6.54 Å². The van der Waals surface area contributed by atoms with Gasteiger partial charge in [0.05, 0.1) is 18.2 Å². The van der Waals surface area contributed by atoms with Crippen LogP contribution in [0.4, 0.5) is 0 Å². The van der Waals surface area contributed by atoms with Crippen molar-refractivity contribution in [2.45, 2.75) is 32.9 Å². The molecule has 1 amide bonds. The fourth-order valence-electron chi connectivity index (χ4n) is 1.92. The molecule has 104 valence electrons. The molecule has 0 aromatic carbocycles. The van der Waals surface area contributed by atoms with E-state index in [-0.39, 0.29) is 23.9 Å². The minimum absolute atomic E-state index is 0.0137. The lowest BCUT2D eigenvalue weighted by atomic mass is 10.1. The standard InChI is InChI=1S/C12H23N3O2S/c1-8(2)14-12(16)10-7-17-5-4-15(10)6-9(3)11(13)18/h8-10H,4-7H2,1-3H3,(H2,13,18)(H,14,16). The molecule has 0 aromatic heterocycles. The highest BCUT2D eigenvalue weighted by atomic mass is 32.1. The number of carbonyl (C=O) groups is 1. The first-order chi connectivity index (χ1) is 8.41. The highest BCUT2D eigenvalue weighted by Gasteiger charge is 2.30. The molecular weight excluding hydrogens is 250 g/mol. The fraction of sp³-hybridized carbons (Fsp3) is 0.833. The number of nitrogens with two attached hydrogens (primary N) is 1. The quantitative estimate of drug-likeness (QED) is 0.697. The van der Waals surface area contributed by atoms with Gasteiger partial charge in [0, 0.05) is 25.0 Å². The minimum atomic E-state index is -0.238. The van der Waals surface area contributed by atoms with Crippen LogP contribution in [0.3, 0.4) is 0 Å². The molecule has 0 radical (unpaired) electrons. The van der Waals surface area contributed by atoms with E-state index in [0.29, 0.717) is 24.7 Å². The molecule has 0 aromatic rings. The Bertz CT molecular complexity index is 310. The summed E-state index contributed by atoms with van der Waals surface area (Å²) >= 11 is 4.98. The Morgan fingerprint density at radius 2 is 2.22 bits per heavy atom. The summed E-state index contributed by atoms with van der Waals surface area (Å²) in [6.45, 7) is 8.40. The zero-order chi connectivity index (χ0) is 13.7. The first kappa shape index (κ1) is 15.3. The topological polar surface area (TPSA) is 67.6 Å². The summed E-state index contributed by atoms with van der Waals surface area (Å²) in [4.78, 5) is 14.7. The van der Waals surface area contributed by atoms with Gasteiger partial charge in [-0.05, 0) is 13.8 Å². The lowest BCUT2D eigenvalue weighted by Crippen LogP contribution is -2.56. The molecule has 5 nitrogen and oxygen atoms in total. The second-order valence-corrected chi connectivity index (χ2v) is 5.52. The van der Waals surface area contributed by atoms with Crippen molar-refractivity contribution >= 4 is 23.1 Å². The third kappa shape index (κ3) is 4.51. The van der Waals surface area contributed by atoms with E-state index in [1.165, 1.54) is 0 Å². The Hall–Kier alpha value is -0.720. The Kier molecular flexibility index (Phi) is 5.98. The van der Waals surface area contributed by atoms with Gasteiger partial charge in [-0.2, -0.15) is 0 Å². The molecule has 6 heteroatoms. The van der Waals surface area contributed by atoms with Crippen molar-refractivity contribution in [2.24, 2.45) is 11.7 Å². The zero-order valence-corrected chi connectivity index (χ0v) is 12.1. The van der Waals surface area contributed by atoms with E-state index in [1.807, 2.05) is 20.8 Å². The summed E-state index contributed by atoms with van der Waals surface area (Å²) in [6, 6.07) is -0.104. The lowest BCUT2D eigenvalue weighted by Gasteiger charge is -2.36. The maximum Gasteiger partial charge on any atom is 0.239 e. The normalized spacial score (nSPS) is 22.8. The van der Waals surface area contributed by atoms with Crippen LogP contribution >= 0.6 is 12.2 Å². The summed E-state index contributed by atoms with van der Waals surface area (Å²) in [7, 11) is 0. The molecule has 2 atom stereocenters. The predicted octanol–water partition coefficient (Wildman–Crippen LogP) is 0.134. The maximum atomic E-state index is 12.1. The van der Waals surface area contributed by atoms with Crippen LogP contribution in [0.5, 0.6) is 0 Å². The van der Waals surface area contributed by atoms with Gasteiger partial charge < -0.3 is 15.8 Å². The van der Waals surface area contributed by atoms with Gasteiger partial charge in [-0.1, -0.05) is 19.1 Å². The molecule has 1 fully saturated rings. The van der Waals surface area contributed by atoms with Crippen LogP contribution in [0.15, 0.2) is 0 Å². The largest absolute Gasteiger partial charge is 0.393 e. The van der Waals surface area contributed by atoms with Crippen LogP contribution in [0.25, 0.3) is 0 Å². The second-order valence-electron chi connectivity index (χ2n) is 5.05. The number of morpholine rings is 1. The van der Waals surface area contributed by atoms with E-state index < -0.39 is 0 Å². The van der Waals surface area contributed by atoms with E-state index in [4.69, 9.17) is 22.7 Å². The maximum absolute atomic E-state index is 12.1. The minimum Gasteiger partial charge on any atom is -0.393 e. The SMILES string of the molecule is CC(C)NC(=O)C1COCCN1CC(C)C(N)=S. The van der Waals surface area contributed by atoms with Crippen LogP contribution < -0.4 is 11.1 Å². The van der Waals surface area contributed by atoms with Gasteiger partial charge in [-0.15, -0.1) is 0 Å². The molecule has 0 saturated carbocycles. The average Bonchev–Trinajstić information content (AvgIpc) is 2.28. The number of hydrogen-bond acceptors (Lipinski definition) is 4. The molecule has 1 heterocycles. The van der Waals surface area contributed by atoms with Gasteiger partial charge in [0.25, 0.3) is 0 Å². The molecule has 0 spiro atoms. The molecular formula is C12H23N3O2S. The molecule has 1 rings (SSSR count).